The summed E-state index contributed by atoms with van der Waals surface area (Å²) in [6.45, 7) is 1.47. The van der Waals surface area contributed by atoms with E-state index in [9.17, 15) is 9.18 Å². The van der Waals surface area contributed by atoms with Crippen LogP contribution in [0.1, 0.15) is 29.9 Å². The van der Waals surface area contributed by atoms with Crippen LogP contribution in [0.25, 0.3) is 22.1 Å². The van der Waals surface area contributed by atoms with Crippen molar-refractivity contribution in [2.24, 2.45) is 5.92 Å². The van der Waals surface area contributed by atoms with Crippen LogP contribution in [0.5, 0.6) is 0 Å². The highest BCUT2D eigenvalue weighted by atomic mass is 35.5. The minimum Gasteiger partial charge on any atom is -0.459 e. The number of pyridine rings is 1. The molecule has 0 spiro atoms. The van der Waals surface area contributed by atoms with Crippen LogP contribution in [0.2, 0.25) is 5.02 Å². The summed E-state index contributed by atoms with van der Waals surface area (Å²) in [7, 11) is 0. The SMILES string of the molecule is O=c1cc(CNCC2CC2)oc2ccc(C#Cc3ncc(-c4ccc(Cl)cc4)cc3F)cc12. The molecule has 0 amide bonds. The van der Waals surface area contributed by atoms with Gasteiger partial charge in [-0.1, -0.05) is 29.7 Å². The maximum Gasteiger partial charge on any atom is 0.193 e. The highest BCUT2D eigenvalue weighted by Crippen LogP contribution is 2.27. The van der Waals surface area contributed by atoms with Gasteiger partial charge in [-0.25, -0.2) is 9.37 Å². The molecule has 4 aromatic rings. The molecule has 5 rings (SSSR count). The Kier molecular flexibility index (Phi) is 5.95. The number of hydrogen-bond donors (Lipinski definition) is 1. The predicted octanol–water partition coefficient (Wildman–Crippen LogP) is 5.55. The number of halogens is 2. The van der Waals surface area contributed by atoms with Gasteiger partial charge in [-0.05, 0) is 73.2 Å². The number of rotatable bonds is 5. The largest absolute Gasteiger partial charge is 0.459 e. The van der Waals surface area contributed by atoms with Crippen molar-refractivity contribution in [3.63, 3.8) is 0 Å². The second-order valence-electron chi connectivity index (χ2n) is 8.17. The van der Waals surface area contributed by atoms with Gasteiger partial charge in [-0.15, -0.1) is 0 Å². The van der Waals surface area contributed by atoms with Crippen molar-refractivity contribution in [3.8, 4) is 23.0 Å². The number of fused-ring (bicyclic) bond motifs is 1. The van der Waals surface area contributed by atoms with Crippen LogP contribution >= 0.6 is 11.6 Å². The molecule has 1 saturated carbocycles. The Bertz CT molecular complexity index is 1450. The average molecular weight is 459 g/mol. The first kappa shape index (κ1) is 21.4. The number of aromatic nitrogens is 1. The highest BCUT2D eigenvalue weighted by Gasteiger charge is 2.20. The number of nitrogens with one attached hydrogen (secondary N) is 1. The maximum atomic E-state index is 14.6. The van der Waals surface area contributed by atoms with Crippen molar-refractivity contribution < 1.29 is 8.81 Å². The number of hydrogen-bond acceptors (Lipinski definition) is 4. The summed E-state index contributed by atoms with van der Waals surface area (Å²) < 4.78 is 20.4. The summed E-state index contributed by atoms with van der Waals surface area (Å²) in [6.07, 6.45) is 4.11. The molecule has 33 heavy (non-hydrogen) atoms. The first-order valence-electron chi connectivity index (χ1n) is 10.8. The molecule has 4 nitrogen and oxygen atoms in total. The van der Waals surface area contributed by atoms with E-state index in [-0.39, 0.29) is 11.1 Å². The van der Waals surface area contributed by atoms with Gasteiger partial charge in [-0.3, -0.25) is 4.79 Å². The lowest BCUT2D eigenvalue weighted by molar-refractivity contribution is 0.497. The molecule has 1 N–H and O–H groups in total. The molecule has 0 unspecified atom stereocenters. The summed E-state index contributed by atoms with van der Waals surface area (Å²) in [4.78, 5) is 16.7. The van der Waals surface area contributed by atoms with Crippen LogP contribution < -0.4 is 10.7 Å². The first-order valence-corrected chi connectivity index (χ1v) is 11.1. The van der Waals surface area contributed by atoms with Crippen LogP contribution in [0.15, 0.2) is 70.0 Å². The van der Waals surface area contributed by atoms with Gasteiger partial charge in [0.25, 0.3) is 0 Å². The van der Waals surface area contributed by atoms with Crippen LogP contribution in [0, 0.1) is 23.6 Å². The Labute approximate surface area is 195 Å². The average Bonchev–Trinajstić information content (AvgIpc) is 3.63. The number of benzene rings is 2. The van der Waals surface area contributed by atoms with Crippen molar-refractivity contribution in [1.29, 1.82) is 0 Å². The number of nitrogens with zero attached hydrogens (tertiary/aromatic N) is 1. The van der Waals surface area contributed by atoms with Gasteiger partial charge in [0.15, 0.2) is 11.2 Å². The van der Waals surface area contributed by atoms with Crippen molar-refractivity contribution in [2.45, 2.75) is 19.4 Å². The fourth-order valence-corrected chi connectivity index (χ4v) is 3.68. The minimum absolute atomic E-state index is 0.0388. The fourth-order valence-electron chi connectivity index (χ4n) is 3.55. The molecule has 1 fully saturated rings. The zero-order valence-electron chi connectivity index (χ0n) is 17.7. The Morgan fingerprint density at radius 3 is 2.64 bits per heavy atom. The molecule has 0 atom stereocenters. The molecular weight excluding hydrogens is 439 g/mol. The monoisotopic (exact) mass is 458 g/mol. The summed E-state index contributed by atoms with van der Waals surface area (Å²) in [5.41, 5.74) is 2.45. The minimum atomic E-state index is -0.515. The van der Waals surface area contributed by atoms with Crippen LogP contribution in [0.3, 0.4) is 0 Å². The van der Waals surface area contributed by atoms with Crippen LogP contribution in [-0.4, -0.2) is 11.5 Å². The van der Waals surface area contributed by atoms with E-state index in [0.717, 1.165) is 18.0 Å². The molecule has 2 aromatic heterocycles. The van der Waals surface area contributed by atoms with E-state index >= 15 is 0 Å². The molecule has 2 heterocycles. The van der Waals surface area contributed by atoms with E-state index in [2.05, 4.69) is 22.1 Å². The maximum absolute atomic E-state index is 14.6. The first-order chi connectivity index (χ1) is 16.0. The lowest BCUT2D eigenvalue weighted by Crippen LogP contribution is -2.17. The molecule has 1 aliphatic carbocycles. The van der Waals surface area contributed by atoms with Crippen molar-refractivity contribution in [3.05, 3.63) is 98.9 Å². The summed E-state index contributed by atoms with van der Waals surface area (Å²) >= 11 is 5.91. The fraction of sp³-hybridized carbons (Fsp3) is 0.185. The van der Waals surface area contributed by atoms with Crippen LogP contribution in [0.4, 0.5) is 4.39 Å². The summed E-state index contributed by atoms with van der Waals surface area (Å²) in [6, 6.07) is 15.1. The van der Waals surface area contributed by atoms with E-state index in [1.165, 1.54) is 25.0 Å². The Balaban J connectivity index is 1.36. The molecule has 0 saturated heterocycles. The van der Waals surface area contributed by atoms with Crippen LogP contribution in [-0.2, 0) is 6.54 Å². The quantitative estimate of drug-likeness (QED) is 0.398. The van der Waals surface area contributed by atoms with Gasteiger partial charge in [0.1, 0.15) is 17.0 Å². The molecule has 164 valence electrons. The molecule has 0 bridgehead atoms. The third kappa shape index (κ3) is 5.14. The lowest BCUT2D eigenvalue weighted by Gasteiger charge is -2.05. The third-order valence-electron chi connectivity index (χ3n) is 5.55. The summed E-state index contributed by atoms with van der Waals surface area (Å²) in [5, 5.41) is 4.38. The van der Waals surface area contributed by atoms with E-state index < -0.39 is 5.82 Å². The van der Waals surface area contributed by atoms with Gasteiger partial charge in [-0.2, -0.15) is 0 Å². The van der Waals surface area contributed by atoms with E-state index in [0.29, 0.717) is 39.4 Å². The molecule has 0 radical (unpaired) electrons. The Morgan fingerprint density at radius 2 is 1.88 bits per heavy atom. The van der Waals surface area contributed by atoms with Gasteiger partial charge < -0.3 is 9.73 Å². The zero-order chi connectivity index (χ0) is 22.8. The van der Waals surface area contributed by atoms with E-state index in [4.69, 9.17) is 16.0 Å². The standard InChI is InChI=1S/C27H20ClFN2O2/c28-21-7-5-19(6-8-21)20-12-24(29)25(31-15-20)9-3-17-4-10-27-23(11-17)26(32)13-22(33-27)16-30-14-18-1-2-18/h4-8,10-13,15,18,30H,1-2,14,16H2. The lowest BCUT2D eigenvalue weighted by atomic mass is 10.1. The molecular formula is C27H20ClFN2O2. The van der Waals surface area contributed by atoms with E-state index in [1.54, 1.807) is 48.7 Å². The van der Waals surface area contributed by atoms with Gasteiger partial charge in [0, 0.05) is 28.4 Å². The van der Waals surface area contributed by atoms with Crippen molar-refractivity contribution in [2.75, 3.05) is 6.54 Å². The topological polar surface area (TPSA) is 55.1 Å². The highest BCUT2D eigenvalue weighted by molar-refractivity contribution is 6.30. The molecule has 2 aromatic carbocycles. The Morgan fingerprint density at radius 1 is 1.06 bits per heavy atom. The predicted molar refractivity (Wildman–Crippen MR) is 128 cm³/mol. The smallest absolute Gasteiger partial charge is 0.193 e. The van der Waals surface area contributed by atoms with Gasteiger partial charge in [0.05, 0.1) is 11.9 Å². The molecule has 0 aliphatic heterocycles. The molecule has 6 heteroatoms. The second kappa shape index (κ2) is 9.19. The van der Waals surface area contributed by atoms with Crippen molar-refractivity contribution >= 4 is 22.6 Å². The third-order valence-corrected chi connectivity index (χ3v) is 5.80. The normalized spacial score (nSPS) is 13.0. The second-order valence-corrected chi connectivity index (χ2v) is 8.61. The van der Waals surface area contributed by atoms with E-state index in [1.807, 2.05) is 0 Å². The van der Waals surface area contributed by atoms with Gasteiger partial charge in [0.2, 0.25) is 0 Å². The van der Waals surface area contributed by atoms with Gasteiger partial charge >= 0.3 is 0 Å². The zero-order valence-corrected chi connectivity index (χ0v) is 18.5. The molecule has 1 aliphatic rings. The summed E-state index contributed by atoms with van der Waals surface area (Å²) in [5.74, 6) is 6.50. The Hall–Kier alpha value is -3.46. The van der Waals surface area contributed by atoms with Crippen molar-refractivity contribution in [1.82, 2.24) is 10.3 Å².